The maximum absolute atomic E-state index is 9.64. The van der Waals surface area contributed by atoms with Crippen molar-refractivity contribution in [2.75, 3.05) is 6.16 Å². The molecular weight excluding hydrogens is 245 g/mol. The van der Waals surface area contributed by atoms with Crippen LogP contribution in [0.4, 0.5) is 0 Å². The zero-order valence-electron chi connectivity index (χ0n) is 9.44. The number of aliphatic carboxylic acids is 1. The number of quaternary nitrogens is 1. The van der Waals surface area contributed by atoms with Crippen LogP contribution in [0.2, 0.25) is 0 Å². The lowest BCUT2D eigenvalue weighted by Crippen LogP contribution is -2.51. The highest BCUT2D eigenvalue weighted by Crippen LogP contribution is 2.27. The van der Waals surface area contributed by atoms with E-state index in [9.17, 15) is 14.3 Å². The van der Waals surface area contributed by atoms with Gasteiger partial charge in [-0.3, -0.25) is 4.79 Å². The highest BCUT2D eigenvalue weighted by Gasteiger charge is 2.06. The molecule has 1 rings (SSSR count). The van der Waals surface area contributed by atoms with Crippen molar-refractivity contribution in [2.45, 2.75) is 13.0 Å². The van der Waals surface area contributed by atoms with E-state index >= 15 is 0 Å². The first-order valence-electron chi connectivity index (χ1n) is 4.85. The maximum Gasteiger partial charge on any atom is 0.311 e. The predicted molar refractivity (Wildman–Crippen MR) is 60.1 cm³/mol. The van der Waals surface area contributed by atoms with E-state index in [0.29, 0.717) is 6.04 Å². The Balaban J connectivity index is 0.000000304. The molecule has 0 spiro atoms. The molecule has 0 saturated carbocycles. The van der Waals surface area contributed by atoms with Crippen LogP contribution in [0, 0.1) is 0 Å². The smallest absolute Gasteiger partial charge is 0.311 e. The summed E-state index contributed by atoms with van der Waals surface area (Å²) in [6, 6.07) is 10.7. The first-order valence-corrected chi connectivity index (χ1v) is 6.61. The summed E-state index contributed by atoms with van der Waals surface area (Å²) < 4.78 is 9.64. The van der Waals surface area contributed by atoms with Gasteiger partial charge < -0.3 is 25.2 Å². The molecule has 0 fully saturated rings. The molecule has 0 amide bonds. The first kappa shape index (κ1) is 15.8. The SMILES string of the molecule is C[C@@H]([NH3+])c1ccccc1.O=C(O)CP(=O)([O-])O. The minimum Gasteiger partial charge on any atom is -0.778 e. The zero-order chi connectivity index (χ0) is 13.5. The molecule has 0 aliphatic rings. The zero-order valence-corrected chi connectivity index (χ0v) is 10.3. The summed E-state index contributed by atoms with van der Waals surface area (Å²) in [6.07, 6.45) is -1.20. The number of carbonyl (C=O) groups is 1. The van der Waals surface area contributed by atoms with Gasteiger partial charge in [0.25, 0.3) is 0 Å². The molecule has 96 valence electrons. The quantitative estimate of drug-likeness (QED) is 0.639. The number of hydrogen-bond acceptors (Lipinski definition) is 3. The van der Waals surface area contributed by atoms with E-state index in [2.05, 4.69) is 24.8 Å². The molecule has 1 aromatic rings. The molecular formula is C10H16NO5P. The van der Waals surface area contributed by atoms with Gasteiger partial charge in [-0.25, -0.2) is 0 Å². The number of rotatable bonds is 3. The minimum atomic E-state index is -4.57. The second-order valence-electron chi connectivity index (χ2n) is 3.50. The van der Waals surface area contributed by atoms with E-state index in [1.54, 1.807) is 0 Å². The van der Waals surface area contributed by atoms with Crippen LogP contribution >= 0.6 is 7.60 Å². The third-order valence-electron chi connectivity index (χ3n) is 1.70. The van der Waals surface area contributed by atoms with E-state index in [1.807, 2.05) is 18.2 Å². The first-order chi connectivity index (χ1) is 7.72. The van der Waals surface area contributed by atoms with Gasteiger partial charge in [0.15, 0.2) is 0 Å². The molecule has 0 radical (unpaired) electrons. The summed E-state index contributed by atoms with van der Waals surface area (Å²) >= 11 is 0. The lowest BCUT2D eigenvalue weighted by molar-refractivity contribution is -0.420. The molecule has 7 heteroatoms. The van der Waals surface area contributed by atoms with Crippen LogP contribution in [0.5, 0.6) is 0 Å². The topological polar surface area (TPSA) is 125 Å². The predicted octanol–water partition coefficient (Wildman–Crippen LogP) is -0.394. The van der Waals surface area contributed by atoms with E-state index in [0.717, 1.165) is 0 Å². The van der Waals surface area contributed by atoms with Crippen LogP contribution in [-0.2, 0) is 9.36 Å². The Labute approximate surface area is 99.2 Å². The largest absolute Gasteiger partial charge is 0.778 e. The molecule has 0 aromatic heterocycles. The van der Waals surface area contributed by atoms with Crippen molar-refractivity contribution in [3.63, 3.8) is 0 Å². The molecule has 1 aromatic carbocycles. The van der Waals surface area contributed by atoms with Gasteiger partial charge in [-0.15, -0.1) is 0 Å². The van der Waals surface area contributed by atoms with Gasteiger partial charge in [-0.2, -0.15) is 0 Å². The number of hydrogen-bond donors (Lipinski definition) is 3. The van der Waals surface area contributed by atoms with Crippen molar-refractivity contribution in [2.24, 2.45) is 0 Å². The number of carboxylic acid groups (broad SMARTS) is 1. The minimum absolute atomic E-state index is 0.409. The van der Waals surface area contributed by atoms with Gasteiger partial charge in [0, 0.05) is 5.56 Å². The van der Waals surface area contributed by atoms with Crippen LogP contribution in [0.3, 0.4) is 0 Å². The number of benzene rings is 1. The van der Waals surface area contributed by atoms with E-state index < -0.39 is 19.7 Å². The highest BCUT2D eigenvalue weighted by atomic mass is 31.2. The Hall–Kier alpha value is -1.20. The second-order valence-corrected chi connectivity index (χ2v) is 5.09. The standard InChI is InChI=1S/C8H11N.C2H5O5P/c1-7(9)8-5-3-2-4-6-8;3-2(4)1-8(5,6)7/h2-7H,9H2,1H3;1H2,(H,3,4)(H2,5,6,7)/t7-;/m1./s1. The van der Waals surface area contributed by atoms with Gasteiger partial charge in [0.1, 0.15) is 19.8 Å². The van der Waals surface area contributed by atoms with Gasteiger partial charge in [-0.1, -0.05) is 30.3 Å². The fraction of sp³-hybridized carbons (Fsp3) is 0.300. The fourth-order valence-electron chi connectivity index (χ4n) is 0.953. The number of carboxylic acids is 1. The van der Waals surface area contributed by atoms with Crippen LogP contribution in [0.25, 0.3) is 0 Å². The van der Waals surface area contributed by atoms with Crippen LogP contribution < -0.4 is 10.6 Å². The molecule has 6 nitrogen and oxygen atoms in total. The van der Waals surface area contributed by atoms with Crippen molar-refractivity contribution in [1.29, 1.82) is 0 Å². The third kappa shape index (κ3) is 9.71. The summed E-state index contributed by atoms with van der Waals surface area (Å²) in [7, 11) is -4.57. The van der Waals surface area contributed by atoms with Crippen molar-refractivity contribution >= 4 is 13.6 Å². The molecule has 0 saturated heterocycles. The van der Waals surface area contributed by atoms with E-state index in [-0.39, 0.29) is 0 Å². The summed E-state index contributed by atoms with van der Waals surface area (Å²) in [4.78, 5) is 26.9. The van der Waals surface area contributed by atoms with Gasteiger partial charge in [0.05, 0.1) is 0 Å². The summed E-state index contributed by atoms with van der Waals surface area (Å²) in [5, 5.41) is 7.72. The Morgan fingerprint density at radius 3 is 2.12 bits per heavy atom. The fourth-order valence-corrected chi connectivity index (χ4v) is 1.29. The monoisotopic (exact) mass is 261 g/mol. The normalized spacial score (nSPS) is 15.1. The van der Waals surface area contributed by atoms with E-state index in [1.165, 1.54) is 5.56 Å². The Bertz CT molecular complexity index is 387. The van der Waals surface area contributed by atoms with Gasteiger partial charge in [0.2, 0.25) is 0 Å². The van der Waals surface area contributed by atoms with Gasteiger partial charge >= 0.3 is 5.97 Å². The molecule has 0 aliphatic carbocycles. The third-order valence-corrected chi connectivity index (χ3v) is 2.37. The van der Waals surface area contributed by atoms with E-state index in [4.69, 9.17) is 10.00 Å². The molecule has 17 heavy (non-hydrogen) atoms. The van der Waals surface area contributed by atoms with Crippen molar-refractivity contribution in [3.05, 3.63) is 35.9 Å². The molecule has 0 aliphatic heterocycles. The summed E-state index contributed by atoms with van der Waals surface area (Å²) in [6.45, 7) is 2.09. The average Bonchev–Trinajstić information content (AvgIpc) is 2.16. The van der Waals surface area contributed by atoms with Crippen LogP contribution in [0.1, 0.15) is 18.5 Å². The Morgan fingerprint density at radius 2 is 1.94 bits per heavy atom. The molecule has 2 atom stereocenters. The average molecular weight is 261 g/mol. The van der Waals surface area contributed by atoms with Gasteiger partial charge in [-0.05, 0) is 6.92 Å². The Morgan fingerprint density at radius 1 is 1.47 bits per heavy atom. The molecule has 1 unspecified atom stereocenters. The lowest BCUT2D eigenvalue weighted by atomic mass is 10.1. The summed E-state index contributed by atoms with van der Waals surface area (Å²) in [5.41, 5.74) is 5.21. The highest BCUT2D eigenvalue weighted by molar-refractivity contribution is 7.51. The lowest BCUT2D eigenvalue weighted by Gasteiger charge is -2.10. The Kier molecular flexibility index (Phi) is 6.68. The van der Waals surface area contributed by atoms with Crippen molar-refractivity contribution in [3.8, 4) is 0 Å². The summed E-state index contributed by atoms with van der Waals surface area (Å²) in [5.74, 6) is -1.55. The molecule has 0 heterocycles. The van der Waals surface area contributed by atoms with Crippen molar-refractivity contribution < 1.29 is 30.0 Å². The molecule has 5 N–H and O–H groups in total. The molecule has 0 bridgehead atoms. The second kappa shape index (κ2) is 7.19. The van der Waals surface area contributed by atoms with Crippen molar-refractivity contribution in [1.82, 2.24) is 0 Å². The van der Waals surface area contributed by atoms with Crippen LogP contribution in [-0.4, -0.2) is 22.1 Å². The van der Waals surface area contributed by atoms with Crippen LogP contribution in [0.15, 0.2) is 30.3 Å². The maximum atomic E-state index is 9.64.